The Balaban J connectivity index is 1.91. The molecule has 21 heavy (non-hydrogen) atoms. The number of pyridine rings is 1. The number of aryl methyl sites for hydroxylation is 2. The van der Waals surface area contributed by atoms with E-state index in [9.17, 15) is 0 Å². The van der Waals surface area contributed by atoms with E-state index in [0.717, 1.165) is 35.5 Å². The second-order valence-corrected chi connectivity index (χ2v) is 5.14. The predicted octanol–water partition coefficient (Wildman–Crippen LogP) is 3.59. The van der Waals surface area contributed by atoms with Crippen molar-refractivity contribution >= 4 is 0 Å². The molecule has 0 aliphatic heterocycles. The van der Waals surface area contributed by atoms with Gasteiger partial charge in [0.2, 0.25) is 0 Å². The van der Waals surface area contributed by atoms with Gasteiger partial charge < -0.3 is 0 Å². The van der Waals surface area contributed by atoms with Crippen LogP contribution < -0.4 is 0 Å². The highest BCUT2D eigenvalue weighted by Gasteiger charge is 2.06. The first kappa shape index (κ1) is 13.5. The summed E-state index contributed by atoms with van der Waals surface area (Å²) >= 11 is 0. The highest BCUT2D eigenvalue weighted by atomic mass is 15.5. The van der Waals surface area contributed by atoms with E-state index >= 15 is 0 Å². The molecule has 0 saturated heterocycles. The number of hydrogen-bond donors (Lipinski definition) is 0. The third-order valence-electron chi connectivity index (χ3n) is 3.38. The van der Waals surface area contributed by atoms with Crippen molar-refractivity contribution in [2.24, 2.45) is 0 Å². The quantitative estimate of drug-likeness (QED) is 0.732. The number of rotatable bonds is 4. The molecule has 3 rings (SSSR count). The first-order valence-corrected chi connectivity index (χ1v) is 7.21. The smallest absolute Gasteiger partial charge is 0.113 e. The average Bonchev–Trinajstić information content (AvgIpc) is 2.98. The van der Waals surface area contributed by atoms with Gasteiger partial charge in [0.1, 0.15) is 5.69 Å². The van der Waals surface area contributed by atoms with Crippen LogP contribution in [0.1, 0.15) is 24.6 Å². The van der Waals surface area contributed by atoms with Crippen LogP contribution in [-0.2, 0) is 6.42 Å². The maximum absolute atomic E-state index is 4.56. The van der Waals surface area contributed by atoms with E-state index in [1.165, 1.54) is 5.56 Å². The summed E-state index contributed by atoms with van der Waals surface area (Å²) in [7, 11) is 0. The van der Waals surface area contributed by atoms with Crippen LogP contribution in [0.2, 0.25) is 0 Å². The van der Waals surface area contributed by atoms with E-state index in [1.807, 2.05) is 18.3 Å². The predicted molar refractivity (Wildman–Crippen MR) is 83.3 cm³/mol. The summed E-state index contributed by atoms with van der Waals surface area (Å²) in [5, 5.41) is 8.92. The summed E-state index contributed by atoms with van der Waals surface area (Å²) in [5.41, 5.74) is 5.22. The van der Waals surface area contributed by atoms with Gasteiger partial charge in [0.05, 0.1) is 11.9 Å². The molecule has 0 spiro atoms. The van der Waals surface area contributed by atoms with Gasteiger partial charge in [-0.15, -0.1) is 5.10 Å². The third kappa shape index (κ3) is 2.99. The molecule has 1 aromatic carbocycles. The monoisotopic (exact) mass is 278 g/mol. The van der Waals surface area contributed by atoms with Crippen LogP contribution in [0.3, 0.4) is 0 Å². The molecule has 0 radical (unpaired) electrons. The van der Waals surface area contributed by atoms with Crippen molar-refractivity contribution in [3.63, 3.8) is 0 Å². The summed E-state index contributed by atoms with van der Waals surface area (Å²) in [4.78, 5) is 6.02. The Bertz CT molecular complexity index is 729. The molecule has 0 saturated carbocycles. The molecule has 2 aromatic heterocycles. The van der Waals surface area contributed by atoms with Gasteiger partial charge in [-0.3, -0.25) is 4.98 Å². The Morgan fingerprint density at radius 1 is 1.10 bits per heavy atom. The zero-order valence-electron chi connectivity index (χ0n) is 12.3. The molecule has 4 heteroatoms. The first-order valence-electron chi connectivity index (χ1n) is 7.21. The van der Waals surface area contributed by atoms with Crippen LogP contribution in [0.4, 0.5) is 0 Å². The van der Waals surface area contributed by atoms with Crippen LogP contribution in [0.15, 0.2) is 48.8 Å². The number of hydrogen-bond acceptors (Lipinski definition) is 3. The lowest BCUT2D eigenvalue weighted by Crippen LogP contribution is -2.01. The van der Waals surface area contributed by atoms with Gasteiger partial charge in [-0.2, -0.15) is 9.90 Å². The topological polar surface area (TPSA) is 43.6 Å². The van der Waals surface area contributed by atoms with Crippen molar-refractivity contribution in [2.45, 2.75) is 26.7 Å². The lowest BCUT2D eigenvalue weighted by molar-refractivity contribution is 0.747. The van der Waals surface area contributed by atoms with Crippen LogP contribution in [-0.4, -0.2) is 20.0 Å². The largest absolute Gasteiger partial charge is 0.261 e. The first-order chi connectivity index (χ1) is 10.3. The Morgan fingerprint density at radius 3 is 2.67 bits per heavy atom. The Labute approximate surface area is 124 Å². The maximum atomic E-state index is 4.56. The number of aromatic nitrogens is 4. The summed E-state index contributed by atoms with van der Waals surface area (Å²) in [5.74, 6) is 0. The molecule has 0 atom stereocenters. The number of benzene rings is 1. The van der Waals surface area contributed by atoms with Crippen molar-refractivity contribution in [3.8, 4) is 16.9 Å². The van der Waals surface area contributed by atoms with E-state index < -0.39 is 0 Å². The van der Waals surface area contributed by atoms with Crippen molar-refractivity contribution in [2.75, 3.05) is 0 Å². The van der Waals surface area contributed by atoms with Gasteiger partial charge in [-0.25, -0.2) is 0 Å². The van der Waals surface area contributed by atoms with Crippen molar-refractivity contribution in [3.05, 3.63) is 60.0 Å². The van der Waals surface area contributed by atoms with Crippen LogP contribution >= 0.6 is 0 Å². The van der Waals surface area contributed by atoms with Crippen molar-refractivity contribution in [1.82, 2.24) is 20.0 Å². The Hall–Kier alpha value is -2.49. The van der Waals surface area contributed by atoms with Gasteiger partial charge in [0.15, 0.2) is 0 Å². The molecular formula is C17H18N4. The molecule has 4 nitrogen and oxygen atoms in total. The van der Waals surface area contributed by atoms with E-state index in [0.29, 0.717) is 0 Å². The summed E-state index contributed by atoms with van der Waals surface area (Å²) in [6, 6.07) is 12.3. The van der Waals surface area contributed by atoms with Crippen LogP contribution in [0.5, 0.6) is 0 Å². The molecule has 0 aliphatic carbocycles. The summed E-state index contributed by atoms with van der Waals surface area (Å²) in [6.07, 6.45) is 5.66. The van der Waals surface area contributed by atoms with Gasteiger partial charge in [-0.1, -0.05) is 43.2 Å². The second kappa shape index (κ2) is 5.87. The minimum Gasteiger partial charge on any atom is -0.261 e. The average molecular weight is 278 g/mol. The molecule has 106 valence electrons. The molecular weight excluding hydrogens is 260 g/mol. The van der Waals surface area contributed by atoms with Crippen molar-refractivity contribution < 1.29 is 0 Å². The molecule has 2 heterocycles. The fraction of sp³-hybridized carbons (Fsp3) is 0.235. The molecule has 3 aromatic rings. The van der Waals surface area contributed by atoms with Crippen LogP contribution in [0.25, 0.3) is 16.9 Å². The fourth-order valence-electron chi connectivity index (χ4n) is 2.23. The molecule has 0 aliphatic rings. The molecule has 0 bridgehead atoms. The summed E-state index contributed by atoms with van der Waals surface area (Å²) < 4.78 is 0. The zero-order valence-corrected chi connectivity index (χ0v) is 12.3. The van der Waals surface area contributed by atoms with E-state index in [-0.39, 0.29) is 0 Å². The second-order valence-electron chi connectivity index (χ2n) is 5.14. The molecule has 0 N–H and O–H groups in total. The molecule has 0 amide bonds. The highest BCUT2D eigenvalue weighted by Crippen LogP contribution is 2.17. The Morgan fingerprint density at radius 2 is 1.90 bits per heavy atom. The van der Waals surface area contributed by atoms with E-state index in [4.69, 9.17) is 0 Å². The lowest BCUT2D eigenvalue weighted by Gasteiger charge is -2.02. The van der Waals surface area contributed by atoms with E-state index in [1.54, 1.807) is 11.0 Å². The maximum Gasteiger partial charge on any atom is 0.113 e. The minimum atomic E-state index is 0.879. The van der Waals surface area contributed by atoms with Gasteiger partial charge in [0, 0.05) is 17.5 Å². The van der Waals surface area contributed by atoms with Gasteiger partial charge in [-0.05, 0) is 25.5 Å². The van der Waals surface area contributed by atoms with Crippen molar-refractivity contribution in [1.29, 1.82) is 0 Å². The fourth-order valence-corrected chi connectivity index (χ4v) is 2.23. The highest BCUT2D eigenvalue weighted by molar-refractivity contribution is 5.58. The standard InChI is InChI=1S/C17H18N4/c1-3-4-15-11-16(9-10-18-15)21-19-12-17(20-21)14-7-5-13(2)6-8-14/h5-12H,3-4H2,1-2H3. The molecule has 0 fully saturated rings. The number of nitrogens with zero attached hydrogens (tertiary/aromatic N) is 4. The van der Waals surface area contributed by atoms with E-state index in [2.05, 4.69) is 53.3 Å². The minimum absolute atomic E-state index is 0.879. The van der Waals surface area contributed by atoms with Crippen LogP contribution in [0, 0.1) is 6.92 Å². The zero-order chi connectivity index (χ0) is 14.7. The third-order valence-corrected chi connectivity index (χ3v) is 3.38. The SMILES string of the molecule is CCCc1cc(-n2ncc(-c3ccc(C)cc3)n2)ccn1. The van der Waals surface area contributed by atoms with Gasteiger partial charge >= 0.3 is 0 Å². The normalized spacial score (nSPS) is 10.8. The molecule has 0 unspecified atom stereocenters. The lowest BCUT2D eigenvalue weighted by atomic mass is 10.1. The van der Waals surface area contributed by atoms with Gasteiger partial charge in [0.25, 0.3) is 0 Å². The Kier molecular flexibility index (Phi) is 3.77. The summed E-state index contributed by atoms with van der Waals surface area (Å²) in [6.45, 7) is 4.23.